The summed E-state index contributed by atoms with van der Waals surface area (Å²) in [4.78, 5) is -0.0699. The summed E-state index contributed by atoms with van der Waals surface area (Å²) in [7, 11) is -2.37. The first-order chi connectivity index (χ1) is 8.96. The highest BCUT2D eigenvalue weighted by Gasteiger charge is 2.31. The van der Waals surface area contributed by atoms with Crippen LogP contribution in [-0.2, 0) is 14.8 Å². The van der Waals surface area contributed by atoms with Crippen LogP contribution < -0.4 is 4.74 Å². The molecule has 106 valence electrons. The third-order valence-corrected chi connectivity index (χ3v) is 5.05. The van der Waals surface area contributed by atoms with Crippen LogP contribution in [0.15, 0.2) is 23.1 Å². The van der Waals surface area contributed by atoms with Crippen LogP contribution >= 0.6 is 0 Å². The molecule has 0 N–H and O–H groups in total. The standard InChI is InChI=1S/C12H16FNO4S/c1-9-8-18-6-5-14(9)19(15,16)10-3-4-12(17-2)11(13)7-10/h3-4,7,9H,5-6,8H2,1-2H3/t9-/m1/s1. The first kappa shape index (κ1) is 14.2. The lowest BCUT2D eigenvalue weighted by Gasteiger charge is -2.32. The minimum atomic E-state index is -3.70. The maximum atomic E-state index is 13.6. The lowest BCUT2D eigenvalue weighted by molar-refractivity contribution is 0.0392. The quantitative estimate of drug-likeness (QED) is 0.840. The molecule has 1 saturated heterocycles. The molecule has 5 nitrogen and oxygen atoms in total. The van der Waals surface area contributed by atoms with Gasteiger partial charge < -0.3 is 9.47 Å². The smallest absolute Gasteiger partial charge is 0.243 e. The van der Waals surface area contributed by atoms with Gasteiger partial charge in [-0.1, -0.05) is 0 Å². The van der Waals surface area contributed by atoms with Crippen molar-refractivity contribution < 1.29 is 22.3 Å². The van der Waals surface area contributed by atoms with Gasteiger partial charge in [-0.25, -0.2) is 12.8 Å². The second-order valence-electron chi connectivity index (χ2n) is 4.34. The molecule has 0 aromatic heterocycles. The average molecular weight is 289 g/mol. The molecule has 1 aromatic rings. The van der Waals surface area contributed by atoms with Gasteiger partial charge in [-0.3, -0.25) is 0 Å². The largest absolute Gasteiger partial charge is 0.494 e. The van der Waals surface area contributed by atoms with Crippen molar-refractivity contribution >= 4 is 10.0 Å². The second-order valence-corrected chi connectivity index (χ2v) is 6.23. The van der Waals surface area contributed by atoms with Gasteiger partial charge in [-0.05, 0) is 25.1 Å². The minimum absolute atomic E-state index is 0.0222. The predicted octanol–water partition coefficient (Wildman–Crippen LogP) is 1.24. The molecule has 1 aliphatic heterocycles. The van der Waals surface area contributed by atoms with Crippen molar-refractivity contribution in [1.82, 2.24) is 4.31 Å². The minimum Gasteiger partial charge on any atom is -0.494 e. The van der Waals surface area contributed by atoms with Gasteiger partial charge in [0.05, 0.1) is 25.2 Å². The lowest BCUT2D eigenvalue weighted by Crippen LogP contribution is -2.46. The fraction of sp³-hybridized carbons (Fsp3) is 0.500. The van der Waals surface area contributed by atoms with Gasteiger partial charge in [0.2, 0.25) is 10.0 Å². The van der Waals surface area contributed by atoms with Gasteiger partial charge in [0, 0.05) is 12.6 Å². The maximum Gasteiger partial charge on any atom is 0.243 e. The molecule has 1 heterocycles. The molecule has 7 heteroatoms. The van der Waals surface area contributed by atoms with Crippen LogP contribution in [0.5, 0.6) is 5.75 Å². The van der Waals surface area contributed by atoms with E-state index in [1.807, 2.05) is 0 Å². The number of nitrogens with zero attached hydrogens (tertiary/aromatic N) is 1. The number of halogens is 1. The van der Waals surface area contributed by atoms with Gasteiger partial charge in [0.25, 0.3) is 0 Å². The van der Waals surface area contributed by atoms with Crippen LogP contribution in [0.3, 0.4) is 0 Å². The first-order valence-corrected chi connectivity index (χ1v) is 7.34. The Kier molecular flexibility index (Phi) is 4.07. The predicted molar refractivity (Wildman–Crippen MR) is 67.1 cm³/mol. The van der Waals surface area contributed by atoms with Gasteiger partial charge in [0.1, 0.15) is 0 Å². The lowest BCUT2D eigenvalue weighted by atomic mass is 10.3. The van der Waals surface area contributed by atoms with Crippen LogP contribution in [0.4, 0.5) is 4.39 Å². The first-order valence-electron chi connectivity index (χ1n) is 5.90. The summed E-state index contributed by atoms with van der Waals surface area (Å²) >= 11 is 0. The average Bonchev–Trinajstić information content (AvgIpc) is 2.39. The van der Waals surface area contributed by atoms with Gasteiger partial charge in [-0.2, -0.15) is 4.31 Å². The Morgan fingerprint density at radius 1 is 1.47 bits per heavy atom. The Balaban J connectivity index is 2.36. The summed E-state index contributed by atoms with van der Waals surface area (Å²) in [6.07, 6.45) is 0. The Morgan fingerprint density at radius 3 is 2.79 bits per heavy atom. The number of ether oxygens (including phenoxy) is 2. The van der Waals surface area contributed by atoms with Crippen molar-refractivity contribution in [2.45, 2.75) is 17.9 Å². The highest BCUT2D eigenvalue weighted by Crippen LogP contribution is 2.25. The summed E-state index contributed by atoms with van der Waals surface area (Å²) in [6.45, 7) is 2.73. The van der Waals surface area contributed by atoms with Crippen LogP contribution in [0, 0.1) is 5.82 Å². The molecule has 0 radical (unpaired) electrons. The van der Waals surface area contributed by atoms with Crippen molar-refractivity contribution in [1.29, 1.82) is 0 Å². The van der Waals surface area contributed by atoms with E-state index in [1.165, 1.54) is 23.5 Å². The van der Waals surface area contributed by atoms with E-state index in [4.69, 9.17) is 9.47 Å². The van der Waals surface area contributed by atoms with E-state index in [9.17, 15) is 12.8 Å². The van der Waals surface area contributed by atoms with E-state index < -0.39 is 15.8 Å². The van der Waals surface area contributed by atoms with Crippen molar-refractivity contribution in [3.8, 4) is 5.75 Å². The monoisotopic (exact) mass is 289 g/mol. The zero-order valence-corrected chi connectivity index (χ0v) is 11.6. The van der Waals surface area contributed by atoms with Crippen LogP contribution in [0.1, 0.15) is 6.92 Å². The molecule has 2 rings (SSSR count). The highest BCUT2D eigenvalue weighted by molar-refractivity contribution is 7.89. The Labute approximate surface area is 112 Å². The summed E-state index contributed by atoms with van der Waals surface area (Å²) in [5.74, 6) is -0.668. The van der Waals surface area contributed by atoms with Gasteiger partial charge in [-0.15, -0.1) is 0 Å². The Morgan fingerprint density at radius 2 is 2.21 bits per heavy atom. The van der Waals surface area contributed by atoms with Crippen molar-refractivity contribution in [2.24, 2.45) is 0 Å². The van der Waals surface area contributed by atoms with E-state index in [0.717, 1.165) is 6.07 Å². The van der Waals surface area contributed by atoms with Crippen LogP contribution in [-0.4, -0.2) is 45.6 Å². The maximum absolute atomic E-state index is 13.6. The number of hydrogen-bond acceptors (Lipinski definition) is 4. The molecular formula is C12H16FNO4S. The topological polar surface area (TPSA) is 55.8 Å². The number of hydrogen-bond donors (Lipinski definition) is 0. The molecule has 0 bridgehead atoms. The fourth-order valence-electron chi connectivity index (χ4n) is 2.01. The van der Waals surface area contributed by atoms with E-state index in [2.05, 4.69) is 0 Å². The molecule has 1 aliphatic rings. The normalized spacial score (nSPS) is 21.3. The number of morpholine rings is 1. The number of sulfonamides is 1. The molecule has 0 saturated carbocycles. The molecule has 1 atom stereocenters. The van der Waals surface area contributed by atoms with E-state index in [-0.39, 0.29) is 23.2 Å². The molecular weight excluding hydrogens is 273 g/mol. The Bertz CT molecular complexity index is 561. The summed E-state index contributed by atoms with van der Waals surface area (Å²) in [5.41, 5.74) is 0. The van der Waals surface area contributed by atoms with E-state index in [1.54, 1.807) is 6.92 Å². The number of methoxy groups -OCH3 is 1. The second kappa shape index (κ2) is 5.44. The molecule has 0 unspecified atom stereocenters. The molecule has 0 aliphatic carbocycles. The molecule has 0 amide bonds. The van der Waals surface area contributed by atoms with Crippen LogP contribution in [0.2, 0.25) is 0 Å². The number of rotatable bonds is 3. The van der Waals surface area contributed by atoms with E-state index in [0.29, 0.717) is 13.2 Å². The molecule has 0 spiro atoms. The van der Waals surface area contributed by atoms with Crippen LogP contribution in [0.25, 0.3) is 0 Å². The van der Waals surface area contributed by atoms with Gasteiger partial charge in [0.15, 0.2) is 11.6 Å². The highest BCUT2D eigenvalue weighted by atomic mass is 32.2. The fourth-order valence-corrected chi connectivity index (χ4v) is 3.62. The van der Waals surface area contributed by atoms with Gasteiger partial charge >= 0.3 is 0 Å². The molecule has 19 heavy (non-hydrogen) atoms. The summed E-state index contributed by atoms with van der Waals surface area (Å²) < 4.78 is 49.7. The van der Waals surface area contributed by atoms with Crippen molar-refractivity contribution in [3.63, 3.8) is 0 Å². The SMILES string of the molecule is COc1ccc(S(=O)(=O)N2CCOC[C@H]2C)cc1F. The number of benzene rings is 1. The zero-order valence-electron chi connectivity index (χ0n) is 10.8. The third kappa shape index (κ3) is 2.72. The van der Waals surface area contributed by atoms with Crippen molar-refractivity contribution in [3.05, 3.63) is 24.0 Å². The van der Waals surface area contributed by atoms with Crippen molar-refractivity contribution in [2.75, 3.05) is 26.9 Å². The Hall–Kier alpha value is -1.18. The third-order valence-electron chi connectivity index (χ3n) is 3.04. The van der Waals surface area contributed by atoms with E-state index >= 15 is 0 Å². The zero-order chi connectivity index (χ0) is 14.0. The molecule has 1 fully saturated rings. The molecule has 1 aromatic carbocycles. The summed E-state index contributed by atoms with van der Waals surface area (Å²) in [6, 6.07) is 3.38. The summed E-state index contributed by atoms with van der Waals surface area (Å²) in [5, 5.41) is 0.